The van der Waals surface area contributed by atoms with E-state index in [1.54, 1.807) is 6.26 Å². The van der Waals surface area contributed by atoms with E-state index in [0.717, 1.165) is 36.7 Å². The van der Waals surface area contributed by atoms with Crippen LogP contribution in [0.5, 0.6) is 0 Å². The van der Waals surface area contributed by atoms with E-state index in [1.807, 2.05) is 39.8 Å². The molecule has 0 radical (unpaired) electrons. The molecule has 1 aromatic carbocycles. The molecular weight excluding hydrogens is 348 g/mol. The number of amides is 1. The molecule has 1 aliphatic rings. The number of likely N-dealkylation sites (tertiary alicyclic amines) is 1. The molecule has 3 aromatic rings. The number of benzene rings is 1. The van der Waals surface area contributed by atoms with E-state index in [4.69, 9.17) is 4.42 Å². The predicted molar refractivity (Wildman–Crippen MR) is 99.8 cm³/mol. The maximum Gasteiger partial charge on any atom is 0.233 e. The Kier molecular flexibility index (Phi) is 5.06. The second-order valence-corrected chi connectivity index (χ2v) is 7.17. The number of hydrogen-bond acceptors (Lipinski definition) is 5. The summed E-state index contributed by atoms with van der Waals surface area (Å²) in [5.74, 6) is 1.90. The minimum Gasteiger partial charge on any atom is -0.461 e. The Labute approximate surface area is 156 Å². The first-order valence-corrected chi connectivity index (χ1v) is 9.71. The van der Waals surface area contributed by atoms with Crippen molar-refractivity contribution >= 4 is 17.7 Å². The van der Waals surface area contributed by atoms with Crippen LogP contribution in [0, 0.1) is 0 Å². The zero-order valence-electron chi connectivity index (χ0n) is 14.4. The molecule has 0 bridgehead atoms. The molecule has 3 heterocycles. The molecule has 0 spiro atoms. The van der Waals surface area contributed by atoms with Crippen molar-refractivity contribution in [2.45, 2.75) is 24.5 Å². The van der Waals surface area contributed by atoms with Gasteiger partial charge in [0.1, 0.15) is 0 Å². The molecule has 1 saturated heterocycles. The van der Waals surface area contributed by atoms with Gasteiger partial charge in [-0.1, -0.05) is 42.1 Å². The molecule has 1 amide bonds. The summed E-state index contributed by atoms with van der Waals surface area (Å²) in [5, 5.41) is 9.35. The highest BCUT2D eigenvalue weighted by atomic mass is 32.2. The molecule has 7 heteroatoms. The van der Waals surface area contributed by atoms with Gasteiger partial charge in [0.25, 0.3) is 0 Å². The number of hydrogen-bond donors (Lipinski definition) is 0. The fourth-order valence-electron chi connectivity index (χ4n) is 3.08. The maximum absolute atomic E-state index is 12.4. The fraction of sp³-hybridized carbons (Fsp3) is 0.316. The molecule has 6 nitrogen and oxygen atoms in total. The van der Waals surface area contributed by atoms with Crippen molar-refractivity contribution in [1.82, 2.24) is 19.7 Å². The summed E-state index contributed by atoms with van der Waals surface area (Å²) in [6.07, 6.45) is 3.83. The van der Waals surface area contributed by atoms with Crippen molar-refractivity contribution in [3.63, 3.8) is 0 Å². The molecule has 1 aliphatic heterocycles. The lowest BCUT2D eigenvalue weighted by molar-refractivity contribution is -0.127. The molecular formula is C19H20N4O2S. The number of thioether (sulfide) groups is 1. The third kappa shape index (κ3) is 3.67. The van der Waals surface area contributed by atoms with Gasteiger partial charge < -0.3 is 9.32 Å². The quantitative estimate of drug-likeness (QED) is 0.625. The molecule has 0 N–H and O–H groups in total. The number of carbonyl (C=O) groups excluding carboxylic acids is 1. The Morgan fingerprint density at radius 2 is 1.88 bits per heavy atom. The zero-order valence-corrected chi connectivity index (χ0v) is 15.2. The largest absolute Gasteiger partial charge is 0.461 e. The average Bonchev–Trinajstić information content (AvgIpc) is 3.42. The highest BCUT2D eigenvalue weighted by Gasteiger charge is 2.21. The van der Waals surface area contributed by atoms with Crippen LogP contribution in [0.15, 0.2) is 58.3 Å². The molecule has 4 rings (SSSR count). The van der Waals surface area contributed by atoms with E-state index in [9.17, 15) is 4.79 Å². The summed E-state index contributed by atoms with van der Waals surface area (Å²) in [4.78, 5) is 14.3. The number of nitrogens with zero attached hydrogens (tertiary/aromatic N) is 4. The lowest BCUT2D eigenvalue weighted by atomic mass is 10.2. The minimum absolute atomic E-state index is 0.168. The van der Waals surface area contributed by atoms with Crippen molar-refractivity contribution in [2.75, 3.05) is 18.8 Å². The van der Waals surface area contributed by atoms with Crippen LogP contribution < -0.4 is 0 Å². The Morgan fingerprint density at radius 3 is 2.62 bits per heavy atom. The van der Waals surface area contributed by atoms with Gasteiger partial charge in [-0.15, -0.1) is 10.2 Å². The maximum atomic E-state index is 12.4. The molecule has 1 fully saturated rings. The summed E-state index contributed by atoms with van der Waals surface area (Å²) in [7, 11) is 0. The molecule has 0 aliphatic carbocycles. The van der Waals surface area contributed by atoms with Crippen LogP contribution in [-0.4, -0.2) is 44.4 Å². The van der Waals surface area contributed by atoms with E-state index in [2.05, 4.69) is 22.3 Å². The monoisotopic (exact) mass is 368 g/mol. The van der Waals surface area contributed by atoms with Crippen LogP contribution in [0.1, 0.15) is 18.4 Å². The Bertz CT molecular complexity index is 855. The Hall–Kier alpha value is -2.54. The second-order valence-electron chi connectivity index (χ2n) is 6.23. The van der Waals surface area contributed by atoms with Crippen LogP contribution in [-0.2, 0) is 11.3 Å². The first kappa shape index (κ1) is 16.9. The molecule has 26 heavy (non-hydrogen) atoms. The van der Waals surface area contributed by atoms with Gasteiger partial charge in [0, 0.05) is 13.1 Å². The second kappa shape index (κ2) is 7.78. The summed E-state index contributed by atoms with van der Waals surface area (Å²) < 4.78 is 7.52. The van der Waals surface area contributed by atoms with E-state index >= 15 is 0 Å². The lowest BCUT2D eigenvalue weighted by Gasteiger charge is -2.15. The van der Waals surface area contributed by atoms with Gasteiger partial charge >= 0.3 is 0 Å². The van der Waals surface area contributed by atoms with Crippen molar-refractivity contribution in [2.24, 2.45) is 0 Å². The number of aromatic nitrogens is 3. The van der Waals surface area contributed by atoms with Gasteiger partial charge in [-0.3, -0.25) is 9.36 Å². The first-order chi connectivity index (χ1) is 12.8. The van der Waals surface area contributed by atoms with Gasteiger partial charge in [-0.2, -0.15) is 0 Å². The standard InChI is InChI=1S/C19H20N4O2S/c24-17(22-10-4-5-11-22)14-26-19-21-20-18(16-9-6-12-25-16)23(19)13-15-7-2-1-3-8-15/h1-3,6-9,12H,4-5,10-11,13-14H2. The smallest absolute Gasteiger partial charge is 0.233 e. The lowest BCUT2D eigenvalue weighted by Crippen LogP contribution is -2.29. The third-order valence-corrected chi connectivity index (χ3v) is 5.38. The van der Waals surface area contributed by atoms with Crippen molar-refractivity contribution in [3.05, 3.63) is 54.3 Å². The highest BCUT2D eigenvalue weighted by Crippen LogP contribution is 2.26. The van der Waals surface area contributed by atoms with Gasteiger partial charge in [0.15, 0.2) is 10.9 Å². The third-order valence-electron chi connectivity index (χ3n) is 4.43. The van der Waals surface area contributed by atoms with Crippen LogP contribution >= 0.6 is 11.8 Å². The SMILES string of the molecule is O=C(CSc1nnc(-c2ccco2)n1Cc1ccccc1)N1CCCC1. The Morgan fingerprint density at radius 1 is 1.08 bits per heavy atom. The molecule has 0 saturated carbocycles. The molecule has 0 unspecified atom stereocenters. The van der Waals surface area contributed by atoms with Crippen LogP contribution in [0.3, 0.4) is 0 Å². The fourth-order valence-corrected chi connectivity index (χ4v) is 3.92. The first-order valence-electron chi connectivity index (χ1n) is 8.73. The van der Waals surface area contributed by atoms with Crippen molar-refractivity contribution in [3.8, 4) is 11.6 Å². The number of furan rings is 1. The number of rotatable bonds is 6. The zero-order chi connectivity index (χ0) is 17.8. The normalized spacial score (nSPS) is 14.1. The van der Waals surface area contributed by atoms with E-state index in [0.29, 0.717) is 23.9 Å². The summed E-state index contributed by atoms with van der Waals surface area (Å²) in [6, 6.07) is 13.8. The van der Waals surface area contributed by atoms with E-state index in [-0.39, 0.29) is 5.91 Å². The van der Waals surface area contributed by atoms with Gasteiger partial charge in [-0.25, -0.2) is 0 Å². The van der Waals surface area contributed by atoms with Crippen LogP contribution in [0.4, 0.5) is 0 Å². The van der Waals surface area contributed by atoms with Gasteiger partial charge in [-0.05, 0) is 30.5 Å². The van der Waals surface area contributed by atoms with Crippen molar-refractivity contribution in [1.29, 1.82) is 0 Å². The Balaban J connectivity index is 1.56. The summed E-state index contributed by atoms with van der Waals surface area (Å²) in [5.41, 5.74) is 1.15. The molecule has 2 aromatic heterocycles. The van der Waals surface area contributed by atoms with Crippen LogP contribution in [0.2, 0.25) is 0 Å². The van der Waals surface area contributed by atoms with Crippen molar-refractivity contribution < 1.29 is 9.21 Å². The summed E-state index contributed by atoms with van der Waals surface area (Å²) in [6.45, 7) is 2.37. The van der Waals surface area contributed by atoms with Gasteiger partial charge in [0.2, 0.25) is 11.7 Å². The predicted octanol–water partition coefficient (Wildman–Crippen LogP) is 3.30. The van der Waals surface area contributed by atoms with E-state index in [1.165, 1.54) is 11.8 Å². The topological polar surface area (TPSA) is 64.2 Å². The highest BCUT2D eigenvalue weighted by molar-refractivity contribution is 7.99. The van der Waals surface area contributed by atoms with Gasteiger partial charge in [0.05, 0.1) is 18.6 Å². The van der Waals surface area contributed by atoms with Crippen LogP contribution in [0.25, 0.3) is 11.6 Å². The summed E-state index contributed by atoms with van der Waals surface area (Å²) >= 11 is 1.44. The molecule has 0 atom stereocenters. The average molecular weight is 368 g/mol. The van der Waals surface area contributed by atoms with E-state index < -0.39 is 0 Å². The molecule has 134 valence electrons. The number of carbonyl (C=O) groups is 1. The minimum atomic E-state index is 0.168.